The molecule has 1 aromatic heterocycles. The Balaban J connectivity index is 2.21. The number of halogens is 1. The van der Waals surface area contributed by atoms with Gasteiger partial charge in [0.1, 0.15) is 28.7 Å². The van der Waals surface area contributed by atoms with Crippen LogP contribution < -0.4 is 4.74 Å². The van der Waals surface area contributed by atoms with E-state index in [4.69, 9.17) is 9.84 Å². The van der Waals surface area contributed by atoms with E-state index in [0.29, 0.717) is 5.01 Å². The summed E-state index contributed by atoms with van der Waals surface area (Å²) in [6, 6.07) is 3.90. The summed E-state index contributed by atoms with van der Waals surface area (Å²) in [5.41, 5.74) is -0.455. The zero-order chi connectivity index (χ0) is 12.3. The van der Waals surface area contributed by atoms with Crippen LogP contribution in [0, 0.1) is 5.82 Å². The Bertz CT molecular complexity index is 528. The lowest BCUT2D eigenvalue weighted by atomic mass is 10.2. The molecule has 1 N–H and O–H groups in total. The minimum absolute atomic E-state index is 0.00713. The number of thiazole rings is 1. The van der Waals surface area contributed by atoms with Gasteiger partial charge >= 0.3 is 5.97 Å². The second kappa shape index (κ2) is 4.92. The lowest BCUT2D eigenvalue weighted by molar-refractivity contribution is 0.0686. The number of aromatic carboxylic acids is 1. The van der Waals surface area contributed by atoms with E-state index in [1.165, 1.54) is 23.5 Å². The van der Waals surface area contributed by atoms with Gasteiger partial charge in [-0.25, -0.2) is 14.2 Å². The number of benzene rings is 1. The van der Waals surface area contributed by atoms with Crippen molar-refractivity contribution in [1.29, 1.82) is 0 Å². The maximum atomic E-state index is 13.3. The lowest BCUT2D eigenvalue weighted by Crippen LogP contribution is -2.05. The minimum Gasteiger partial charge on any atom is -0.485 e. The van der Waals surface area contributed by atoms with Gasteiger partial charge in [-0.1, -0.05) is 6.07 Å². The number of hydrogen-bond donors (Lipinski definition) is 1. The van der Waals surface area contributed by atoms with Crippen LogP contribution in [0.4, 0.5) is 4.39 Å². The molecule has 0 aliphatic rings. The van der Waals surface area contributed by atoms with Crippen LogP contribution in [0.15, 0.2) is 29.8 Å². The molecule has 0 amide bonds. The standard InChI is InChI=1S/C11H8FNO3S/c12-7-2-1-3-8(10(7)11(14)15)16-6-9-13-4-5-17-9/h1-5H,6H2,(H,14,15). The first-order valence-electron chi connectivity index (χ1n) is 4.71. The van der Waals surface area contributed by atoms with Crippen molar-refractivity contribution in [1.82, 2.24) is 4.98 Å². The number of rotatable bonds is 4. The summed E-state index contributed by atoms with van der Waals surface area (Å²) in [6.07, 6.45) is 1.62. The van der Waals surface area contributed by atoms with E-state index in [0.717, 1.165) is 6.07 Å². The fourth-order valence-electron chi connectivity index (χ4n) is 1.30. The number of nitrogens with zero attached hydrogens (tertiary/aromatic N) is 1. The maximum Gasteiger partial charge on any atom is 0.342 e. The zero-order valence-corrected chi connectivity index (χ0v) is 9.41. The van der Waals surface area contributed by atoms with Crippen molar-refractivity contribution in [2.24, 2.45) is 0 Å². The van der Waals surface area contributed by atoms with Crippen molar-refractivity contribution < 1.29 is 19.0 Å². The van der Waals surface area contributed by atoms with Crippen LogP contribution in [0.1, 0.15) is 15.4 Å². The Labute approximate surface area is 100 Å². The van der Waals surface area contributed by atoms with Crippen molar-refractivity contribution in [3.8, 4) is 5.75 Å². The van der Waals surface area contributed by atoms with Gasteiger partial charge in [0.25, 0.3) is 0 Å². The van der Waals surface area contributed by atoms with Crippen LogP contribution in [0.2, 0.25) is 0 Å². The molecule has 0 radical (unpaired) electrons. The van der Waals surface area contributed by atoms with Crippen LogP contribution in [0.3, 0.4) is 0 Å². The van der Waals surface area contributed by atoms with Gasteiger partial charge in [0, 0.05) is 11.6 Å². The minimum atomic E-state index is -1.35. The van der Waals surface area contributed by atoms with Crippen LogP contribution in [-0.4, -0.2) is 16.1 Å². The smallest absolute Gasteiger partial charge is 0.342 e. The van der Waals surface area contributed by atoms with E-state index in [-0.39, 0.29) is 12.4 Å². The van der Waals surface area contributed by atoms with E-state index >= 15 is 0 Å². The molecule has 0 aliphatic carbocycles. The first-order valence-corrected chi connectivity index (χ1v) is 5.59. The van der Waals surface area contributed by atoms with E-state index in [1.807, 2.05) is 0 Å². The van der Waals surface area contributed by atoms with Crippen LogP contribution in [-0.2, 0) is 6.61 Å². The maximum absolute atomic E-state index is 13.3. The van der Waals surface area contributed by atoms with Gasteiger partial charge in [-0.3, -0.25) is 0 Å². The molecular weight excluding hydrogens is 245 g/mol. The van der Waals surface area contributed by atoms with E-state index < -0.39 is 17.3 Å². The summed E-state index contributed by atoms with van der Waals surface area (Å²) >= 11 is 1.38. The van der Waals surface area contributed by atoms with Gasteiger partial charge in [0.2, 0.25) is 0 Å². The third-order valence-electron chi connectivity index (χ3n) is 2.02. The molecule has 0 saturated heterocycles. The molecule has 1 heterocycles. The second-order valence-corrected chi connectivity index (χ2v) is 4.11. The molecule has 0 bridgehead atoms. The number of aromatic nitrogens is 1. The highest BCUT2D eigenvalue weighted by Crippen LogP contribution is 2.22. The average molecular weight is 253 g/mol. The van der Waals surface area contributed by atoms with Crippen molar-refractivity contribution in [2.45, 2.75) is 6.61 Å². The van der Waals surface area contributed by atoms with E-state index in [1.54, 1.807) is 11.6 Å². The highest BCUT2D eigenvalue weighted by atomic mass is 32.1. The lowest BCUT2D eigenvalue weighted by Gasteiger charge is -2.07. The Morgan fingerprint density at radius 2 is 2.35 bits per heavy atom. The van der Waals surface area contributed by atoms with Gasteiger partial charge in [-0.05, 0) is 12.1 Å². The first-order chi connectivity index (χ1) is 8.18. The quantitative estimate of drug-likeness (QED) is 0.909. The molecule has 0 saturated carbocycles. The third kappa shape index (κ3) is 2.59. The summed E-state index contributed by atoms with van der Waals surface area (Å²) < 4.78 is 18.5. The highest BCUT2D eigenvalue weighted by molar-refractivity contribution is 7.09. The summed E-state index contributed by atoms with van der Waals surface area (Å²) in [5, 5.41) is 11.4. The second-order valence-electron chi connectivity index (χ2n) is 3.13. The van der Waals surface area contributed by atoms with Crippen LogP contribution >= 0.6 is 11.3 Å². The molecule has 0 atom stereocenters. The normalized spacial score (nSPS) is 10.2. The van der Waals surface area contributed by atoms with Crippen molar-refractivity contribution in [2.75, 3.05) is 0 Å². The van der Waals surface area contributed by atoms with Crippen molar-refractivity contribution in [3.63, 3.8) is 0 Å². The Hall–Kier alpha value is -1.95. The molecule has 0 spiro atoms. The number of ether oxygens (including phenoxy) is 1. The number of carbonyl (C=O) groups is 1. The Morgan fingerprint density at radius 1 is 1.53 bits per heavy atom. The predicted octanol–water partition coefficient (Wildman–Crippen LogP) is 2.56. The topological polar surface area (TPSA) is 59.4 Å². The van der Waals surface area contributed by atoms with Crippen molar-refractivity contribution >= 4 is 17.3 Å². The van der Waals surface area contributed by atoms with E-state index in [9.17, 15) is 9.18 Å². The van der Waals surface area contributed by atoms with Crippen LogP contribution in [0.25, 0.3) is 0 Å². The van der Waals surface area contributed by atoms with E-state index in [2.05, 4.69) is 4.98 Å². The van der Waals surface area contributed by atoms with Gasteiger partial charge in [0.05, 0.1) is 0 Å². The molecule has 0 unspecified atom stereocenters. The molecular formula is C11H8FNO3S. The molecule has 2 aromatic rings. The molecule has 2 rings (SSSR count). The van der Waals surface area contributed by atoms with Crippen LogP contribution in [0.5, 0.6) is 5.75 Å². The summed E-state index contributed by atoms with van der Waals surface area (Å²) in [5.74, 6) is -2.15. The average Bonchev–Trinajstić information content (AvgIpc) is 2.78. The molecule has 6 heteroatoms. The number of carboxylic acid groups (broad SMARTS) is 1. The summed E-state index contributed by atoms with van der Waals surface area (Å²) in [4.78, 5) is 14.9. The molecule has 0 aliphatic heterocycles. The monoisotopic (exact) mass is 253 g/mol. The Kier molecular flexibility index (Phi) is 3.34. The molecule has 17 heavy (non-hydrogen) atoms. The molecule has 88 valence electrons. The first kappa shape index (κ1) is 11.5. The van der Waals surface area contributed by atoms with Gasteiger partial charge in [-0.2, -0.15) is 0 Å². The van der Waals surface area contributed by atoms with Gasteiger partial charge in [0.15, 0.2) is 0 Å². The predicted molar refractivity (Wildman–Crippen MR) is 59.8 cm³/mol. The summed E-state index contributed by atoms with van der Waals surface area (Å²) in [6.45, 7) is 0.126. The fraction of sp³-hybridized carbons (Fsp3) is 0.0909. The number of hydrogen-bond acceptors (Lipinski definition) is 4. The summed E-state index contributed by atoms with van der Waals surface area (Å²) in [7, 11) is 0. The fourth-order valence-corrected chi connectivity index (χ4v) is 1.82. The molecule has 1 aromatic carbocycles. The van der Waals surface area contributed by atoms with Gasteiger partial charge in [-0.15, -0.1) is 11.3 Å². The third-order valence-corrected chi connectivity index (χ3v) is 2.78. The largest absolute Gasteiger partial charge is 0.485 e. The molecule has 4 nitrogen and oxygen atoms in total. The molecule has 0 fully saturated rings. The SMILES string of the molecule is O=C(O)c1c(F)cccc1OCc1nccs1. The zero-order valence-electron chi connectivity index (χ0n) is 8.59. The number of carboxylic acids is 1. The van der Waals surface area contributed by atoms with Crippen molar-refractivity contribution in [3.05, 3.63) is 46.2 Å². The van der Waals surface area contributed by atoms with Gasteiger partial charge < -0.3 is 9.84 Å². The highest BCUT2D eigenvalue weighted by Gasteiger charge is 2.16. The Morgan fingerprint density at radius 3 is 3.00 bits per heavy atom.